The molecule has 2 bridgehead atoms. The highest BCUT2D eigenvalue weighted by Crippen LogP contribution is 2.61. The maximum absolute atomic E-state index is 14.4. The number of ether oxygens (including phenoxy) is 2. The first kappa shape index (κ1) is 34.3. The standard InChI is InChI=1S/C31H48BrN3O7/c1-7-10-12-23(37)33-17-20(6)41-30(40)24-25-28(38)35(21(18-36)15-19(4)5)27(31(25)16-22(32)26(24)42-31)29(39)34(13-9-3)14-11-8-2/h7,9,19-22,24-27,36H,1,3,8,10-18H2,2,4-6H3,(H,33,37)/t20-,21-,22?,24-,25+,26-,27-,31+/m1/s1. The van der Waals surface area contributed by atoms with E-state index in [1.54, 1.807) is 24.0 Å². The van der Waals surface area contributed by atoms with Gasteiger partial charge in [0.1, 0.15) is 17.7 Å². The van der Waals surface area contributed by atoms with E-state index >= 15 is 0 Å². The van der Waals surface area contributed by atoms with Crippen LogP contribution in [0.4, 0.5) is 0 Å². The van der Waals surface area contributed by atoms with Crippen molar-refractivity contribution in [2.75, 3.05) is 26.2 Å². The zero-order valence-corrected chi connectivity index (χ0v) is 27.0. The fourth-order valence-electron chi connectivity index (χ4n) is 6.70. The average molecular weight is 655 g/mol. The largest absolute Gasteiger partial charge is 0.460 e. The van der Waals surface area contributed by atoms with Gasteiger partial charge in [-0.15, -0.1) is 13.2 Å². The van der Waals surface area contributed by atoms with E-state index in [2.05, 4.69) is 34.4 Å². The van der Waals surface area contributed by atoms with Crippen LogP contribution in [0.25, 0.3) is 0 Å². The molecule has 0 aromatic carbocycles. The smallest absolute Gasteiger partial charge is 0.312 e. The number of carbonyl (C=O) groups is 4. The van der Waals surface area contributed by atoms with E-state index in [0.717, 1.165) is 12.8 Å². The Bertz CT molecular complexity index is 1020. The van der Waals surface area contributed by atoms with Gasteiger partial charge in [-0.3, -0.25) is 19.2 Å². The van der Waals surface area contributed by atoms with Crippen LogP contribution >= 0.6 is 15.9 Å². The second kappa shape index (κ2) is 15.0. The predicted octanol–water partition coefficient (Wildman–Crippen LogP) is 2.97. The second-order valence-corrected chi connectivity index (χ2v) is 13.4. The Labute approximate surface area is 258 Å². The molecule has 3 aliphatic heterocycles. The number of rotatable bonds is 17. The number of likely N-dealkylation sites (tertiary alicyclic amines) is 1. The summed E-state index contributed by atoms with van der Waals surface area (Å²) in [4.78, 5) is 57.4. The number of nitrogens with one attached hydrogen (secondary N) is 1. The Morgan fingerprint density at radius 3 is 2.60 bits per heavy atom. The molecule has 3 fully saturated rings. The first-order valence-electron chi connectivity index (χ1n) is 15.2. The van der Waals surface area contributed by atoms with Crippen LogP contribution in [-0.4, -0.2) is 99.6 Å². The highest BCUT2D eigenvalue weighted by Gasteiger charge is 2.77. The SMILES string of the molecule is C=CCCC(=O)NC[C@@H](C)OC(=O)[C@H]1[C@@H]2O[C@@]3(CC2Br)[C@@H]1C(=O)N([C@@H](CO)CC(C)C)[C@@H]3C(=O)N(CC=C)CCCC. The van der Waals surface area contributed by atoms with Gasteiger partial charge in [0.15, 0.2) is 0 Å². The molecule has 1 spiro atoms. The number of hydrogen-bond acceptors (Lipinski definition) is 7. The number of allylic oxidation sites excluding steroid dienone is 1. The maximum atomic E-state index is 14.4. The van der Waals surface area contributed by atoms with Crippen LogP contribution in [0.15, 0.2) is 25.3 Å². The summed E-state index contributed by atoms with van der Waals surface area (Å²) in [6.07, 6.45) is 5.41. The van der Waals surface area contributed by atoms with Crippen molar-refractivity contribution < 1.29 is 33.8 Å². The van der Waals surface area contributed by atoms with Crippen molar-refractivity contribution in [1.29, 1.82) is 0 Å². The molecule has 10 nitrogen and oxygen atoms in total. The van der Waals surface area contributed by atoms with Gasteiger partial charge in [-0.05, 0) is 38.5 Å². The lowest BCUT2D eigenvalue weighted by Crippen LogP contribution is -2.59. The molecule has 0 aliphatic carbocycles. The van der Waals surface area contributed by atoms with Gasteiger partial charge in [-0.2, -0.15) is 0 Å². The van der Waals surface area contributed by atoms with Gasteiger partial charge in [0.2, 0.25) is 17.7 Å². The van der Waals surface area contributed by atoms with Crippen molar-refractivity contribution in [3.63, 3.8) is 0 Å². The summed E-state index contributed by atoms with van der Waals surface area (Å²) >= 11 is 3.68. The number of aliphatic hydroxyl groups excluding tert-OH is 1. The third kappa shape index (κ3) is 6.94. The Kier molecular flexibility index (Phi) is 12.2. The van der Waals surface area contributed by atoms with Crippen LogP contribution in [0.5, 0.6) is 0 Å². The van der Waals surface area contributed by atoms with Crippen molar-refractivity contribution in [3.8, 4) is 0 Å². The molecule has 3 amide bonds. The fourth-order valence-corrected chi connectivity index (χ4v) is 7.64. The van der Waals surface area contributed by atoms with Crippen molar-refractivity contribution in [3.05, 3.63) is 25.3 Å². The van der Waals surface area contributed by atoms with E-state index in [1.165, 1.54) is 4.90 Å². The van der Waals surface area contributed by atoms with Gasteiger partial charge >= 0.3 is 5.97 Å². The molecule has 3 heterocycles. The summed E-state index contributed by atoms with van der Waals surface area (Å²) in [7, 11) is 0. The number of unbranched alkanes of at least 4 members (excludes halogenated alkanes) is 1. The van der Waals surface area contributed by atoms with Crippen LogP contribution in [-0.2, 0) is 28.7 Å². The Morgan fingerprint density at radius 1 is 1.29 bits per heavy atom. The molecule has 2 N–H and O–H groups in total. The lowest BCUT2D eigenvalue weighted by molar-refractivity contribution is -0.160. The van der Waals surface area contributed by atoms with Gasteiger partial charge < -0.3 is 29.7 Å². The van der Waals surface area contributed by atoms with Crippen molar-refractivity contribution in [2.45, 2.75) is 101 Å². The van der Waals surface area contributed by atoms with Crippen molar-refractivity contribution in [1.82, 2.24) is 15.1 Å². The quantitative estimate of drug-likeness (QED) is 0.140. The summed E-state index contributed by atoms with van der Waals surface area (Å²) < 4.78 is 12.3. The molecule has 236 valence electrons. The van der Waals surface area contributed by atoms with Gasteiger partial charge in [0, 0.05) is 24.3 Å². The van der Waals surface area contributed by atoms with Crippen LogP contribution in [0.3, 0.4) is 0 Å². The molecule has 42 heavy (non-hydrogen) atoms. The summed E-state index contributed by atoms with van der Waals surface area (Å²) in [6, 6.07) is -1.60. The Balaban J connectivity index is 1.95. The molecule has 1 unspecified atom stereocenters. The molecule has 0 aromatic heterocycles. The van der Waals surface area contributed by atoms with Crippen molar-refractivity contribution in [2.24, 2.45) is 17.8 Å². The minimum absolute atomic E-state index is 0.129. The summed E-state index contributed by atoms with van der Waals surface area (Å²) in [5.41, 5.74) is -1.24. The molecule has 3 rings (SSSR count). The maximum Gasteiger partial charge on any atom is 0.312 e. The lowest BCUT2D eigenvalue weighted by Gasteiger charge is -2.39. The van der Waals surface area contributed by atoms with Gasteiger partial charge in [0.25, 0.3) is 0 Å². The van der Waals surface area contributed by atoms with Crippen molar-refractivity contribution >= 4 is 39.6 Å². The first-order chi connectivity index (χ1) is 20.0. The van der Waals surface area contributed by atoms with Gasteiger partial charge in [-0.25, -0.2) is 0 Å². The Morgan fingerprint density at radius 2 is 2.00 bits per heavy atom. The number of amides is 3. The molecule has 3 aliphatic rings. The number of hydrogen-bond donors (Lipinski definition) is 2. The molecule has 0 saturated carbocycles. The molecule has 11 heteroatoms. The molecule has 0 radical (unpaired) electrons. The summed E-state index contributed by atoms with van der Waals surface area (Å²) in [5.74, 6) is -3.10. The van der Waals surface area contributed by atoms with E-state index in [4.69, 9.17) is 9.47 Å². The summed E-state index contributed by atoms with van der Waals surface area (Å²) in [6.45, 7) is 15.8. The summed E-state index contributed by atoms with van der Waals surface area (Å²) in [5, 5.41) is 13.2. The number of alkyl halides is 1. The van der Waals surface area contributed by atoms with Crippen LogP contribution in [0, 0.1) is 17.8 Å². The minimum Gasteiger partial charge on any atom is -0.460 e. The molecule has 0 aromatic rings. The molecular weight excluding hydrogens is 606 g/mol. The molecule has 3 saturated heterocycles. The molecular formula is C31H48BrN3O7. The van der Waals surface area contributed by atoms with E-state index < -0.39 is 47.7 Å². The average Bonchev–Trinajstić information content (AvgIpc) is 3.54. The topological polar surface area (TPSA) is 125 Å². The third-order valence-electron chi connectivity index (χ3n) is 8.50. The van der Waals surface area contributed by atoms with E-state index in [1.807, 2.05) is 20.8 Å². The van der Waals surface area contributed by atoms with Gasteiger partial charge in [0.05, 0.1) is 37.1 Å². The number of esters is 1. The highest BCUT2D eigenvalue weighted by atomic mass is 79.9. The van der Waals surface area contributed by atoms with Gasteiger partial charge in [-0.1, -0.05) is 55.3 Å². The zero-order chi connectivity index (χ0) is 31.2. The fraction of sp³-hybridized carbons (Fsp3) is 0.742. The number of carbonyl (C=O) groups excluding carboxylic acids is 4. The number of nitrogens with zero attached hydrogens (tertiary/aromatic N) is 2. The molecule has 8 atom stereocenters. The Hall–Kier alpha value is -2.24. The second-order valence-electron chi connectivity index (χ2n) is 12.2. The van der Waals surface area contributed by atoms with Crippen LogP contribution in [0.2, 0.25) is 0 Å². The van der Waals surface area contributed by atoms with E-state index in [0.29, 0.717) is 38.8 Å². The van der Waals surface area contributed by atoms with Crippen LogP contribution < -0.4 is 5.32 Å². The lowest BCUT2D eigenvalue weighted by atomic mass is 9.70. The monoisotopic (exact) mass is 653 g/mol. The highest BCUT2D eigenvalue weighted by molar-refractivity contribution is 9.09. The third-order valence-corrected chi connectivity index (χ3v) is 9.35. The number of aliphatic hydroxyl groups is 1. The normalized spacial score (nSPS) is 29.3. The van der Waals surface area contributed by atoms with E-state index in [9.17, 15) is 24.3 Å². The van der Waals surface area contributed by atoms with E-state index in [-0.39, 0.29) is 41.6 Å². The van der Waals surface area contributed by atoms with Crippen LogP contribution in [0.1, 0.15) is 66.2 Å². The first-order valence-corrected chi connectivity index (χ1v) is 16.1. The predicted molar refractivity (Wildman–Crippen MR) is 163 cm³/mol. The minimum atomic E-state index is -1.24. The number of fused-ring (bicyclic) bond motifs is 1. The zero-order valence-electron chi connectivity index (χ0n) is 25.4. The number of halogens is 1.